The fourth-order valence-electron chi connectivity index (χ4n) is 5.06. The Labute approximate surface area is 171 Å². The molecule has 0 radical (unpaired) electrons. The van der Waals surface area contributed by atoms with Crippen molar-refractivity contribution in [1.82, 2.24) is 0 Å². The van der Waals surface area contributed by atoms with Crippen molar-refractivity contribution in [3.8, 4) is 0 Å². The maximum Gasteiger partial charge on any atom is 0.214 e. The highest BCUT2D eigenvalue weighted by Gasteiger charge is 2.50. The Bertz CT molecular complexity index is 481. The van der Waals surface area contributed by atoms with Crippen LogP contribution in [0.25, 0.3) is 0 Å². The van der Waals surface area contributed by atoms with Crippen LogP contribution in [0.15, 0.2) is 16.4 Å². The van der Waals surface area contributed by atoms with Gasteiger partial charge in [0.15, 0.2) is 0 Å². The highest BCUT2D eigenvalue weighted by Crippen LogP contribution is 2.44. The molecule has 0 saturated carbocycles. The second kappa shape index (κ2) is 12.0. The standard InChI is InChI=1S/C25H49N2/c1-8-13-17-23-22(6)26-24(25(7,18-12-5)19-14-9-2)27(23,20-15-10-3)21-16-11-4/h8-21H2,1-7H3/q+1. The zero-order valence-electron chi connectivity index (χ0n) is 19.8. The first-order valence-corrected chi connectivity index (χ1v) is 12.1. The van der Waals surface area contributed by atoms with E-state index in [9.17, 15) is 0 Å². The summed E-state index contributed by atoms with van der Waals surface area (Å²) in [4.78, 5) is 5.39. The predicted molar refractivity (Wildman–Crippen MR) is 122 cm³/mol. The lowest BCUT2D eigenvalue weighted by atomic mass is 9.77. The van der Waals surface area contributed by atoms with Crippen molar-refractivity contribution in [2.75, 3.05) is 13.1 Å². The van der Waals surface area contributed by atoms with Gasteiger partial charge in [-0.1, -0.05) is 73.1 Å². The molecule has 1 unspecified atom stereocenters. The fourth-order valence-corrected chi connectivity index (χ4v) is 5.06. The lowest BCUT2D eigenvalue weighted by Gasteiger charge is -2.44. The average Bonchev–Trinajstić information content (AvgIpc) is 2.94. The maximum atomic E-state index is 5.39. The summed E-state index contributed by atoms with van der Waals surface area (Å²) < 4.78 is 1.12. The third-order valence-corrected chi connectivity index (χ3v) is 6.59. The minimum atomic E-state index is 0.251. The number of nitrogens with zero attached hydrogens (tertiary/aromatic N) is 2. The van der Waals surface area contributed by atoms with E-state index in [0.29, 0.717) is 0 Å². The number of unbranched alkanes of at least 4 members (excludes halogenated alkanes) is 4. The molecule has 2 nitrogen and oxygen atoms in total. The Balaban J connectivity index is 3.41. The summed E-state index contributed by atoms with van der Waals surface area (Å²) in [5, 5.41) is 0. The molecule has 1 rings (SSSR count). The molecule has 0 fully saturated rings. The lowest BCUT2D eigenvalue weighted by Crippen LogP contribution is -2.56. The van der Waals surface area contributed by atoms with E-state index in [2.05, 4.69) is 48.5 Å². The molecule has 0 bridgehead atoms. The van der Waals surface area contributed by atoms with Crippen LogP contribution in [-0.2, 0) is 0 Å². The van der Waals surface area contributed by atoms with E-state index >= 15 is 0 Å². The van der Waals surface area contributed by atoms with Crippen molar-refractivity contribution in [2.45, 2.75) is 126 Å². The van der Waals surface area contributed by atoms with Gasteiger partial charge in [0.05, 0.1) is 24.2 Å². The smallest absolute Gasteiger partial charge is 0.214 e. The molecule has 1 atom stereocenters. The number of quaternary nitrogens is 1. The molecule has 0 N–H and O–H groups in total. The van der Waals surface area contributed by atoms with Gasteiger partial charge in [-0.2, -0.15) is 4.99 Å². The Morgan fingerprint density at radius 1 is 0.741 bits per heavy atom. The van der Waals surface area contributed by atoms with E-state index in [4.69, 9.17) is 4.99 Å². The van der Waals surface area contributed by atoms with Gasteiger partial charge in [0.25, 0.3) is 0 Å². The van der Waals surface area contributed by atoms with Crippen LogP contribution in [0.1, 0.15) is 126 Å². The molecule has 0 aliphatic carbocycles. The number of rotatable bonds is 15. The van der Waals surface area contributed by atoms with Gasteiger partial charge in [-0.05, 0) is 46.0 Å². The van der Waals surface area contributed by atoms with Crippen LogP contribution in [0.4, 0.5) is 0 Å². The van der Waals surface area contributed by atoms with Crippen molar-refractivity contribution in [2.24, 2.45) is 10.4 Å². The van der Waals surface area contributed by atoms with Crippen LogP contribution >= 0.6 is 0 Å². The van der Waals surface area contributed by atoms with Crippen LogP contribution < -0.4 is 0 Å². The van der Waals surface area contributed by atoms with Gasteiger partial charge in [0.2, 0.25) is 5.84 Å². The molecule has 2 heteroatoms. The third-order valence-electron chi connectivity index (χ3n) is 6.59. The highest BCUT2D eigenvalue weighted by molar-refractivity contribution is 5.85. The molecular formula is C25H49N2+. The van der Waals surface area contributed by atoms with E-state index in [0.717, 1.165) is 4.48 Å². The molecule has 0 saturated heterocycles. The first kappa shape index (κ1) is 24.4. The molecule has 0 spiro atoms. The van der Waals surface area contributed by atoms with E-state index < -0.39 is 0 Å². The highest BCUT2D eigenvalue weighted by atomic mass is 15.4. The fraction of sp³-hybridized carbons (Fsp3) is 0.880. The average molecular weight is 378 g/mol. The predicted octanol–water partition coefficient (Wildman–Crippen LogP) is 8.23. The summed E-state index contributed by atoms with van der Waals surface area (Å²) in [5.74, 6) is 1.53. The molecule has 1 aliphatic rings. The zero-order valence-corrected chi connectivity index (χ0v) is 19.8. The van der Waals surface area contributed by atoms with Crippen LogP contribution in [0.2, 0.25) is 0 Å². The number of allylic oxidation sites excluding steroid dienone is 2. The SMILES string of the molecule is CCCCC1=C(C)N=C(C(C)(CCC)CCCC)[N+]1(CCCC)CCCC. The first-order chi connectivity index (χ1) is 13.0. The minimum absolute atomic E-state index is 0.251. The first-order valence-electron chi connectivity index (χ1n) is 12.1. The quantitative estimate of drug-likeness (QED) is 0.255. The summed E-state index contributed by atoms with van der Waals surface area (Å²) in [6, 6.07) is 0. The summed E-state index contributed by atoms with van der Waals surface area (Å²) >= 11 is 0. The van der Waals surface area contributed by atoms with E-state index in [-0.39, 0.29) is 5.41 Å². The van der Waals surface area contributed by atoms with Gasteiger partial charge in [0.1, 0.15) is 5.70 Å². The maximum absolute atomic E-state index is 5.39. The summed E-state index contributed by atoms with van der Waals surface area (Å²) in [6.45, 7) is 19.0. The monoisotopic (exact) mass is 377 g/mol. The van der Waals surface area contributed by atoms with Gasteiger partial charge in [-0.3, -0.25) is 0 Å². The van der Waals surface area contributed by atoms with Crippen molar-refractivity contribution >= 4 is 5.84 Å². The molecule has 27 heavy (non-hydrogen) atoms. The van der Waals surface area contributed by atoms with Crippen LogP contribution in [0.5, 0.6) is 0 Å². The number of hydrogen-bond acceptors (Lipinski definition) is 1. The Morgan fingerprint density at radius 2 is 1.30 bits per heavy atom. The van der Waals surface area contributed by atoms with Crippen molar-refractivity contribution in [1.29, 1.82) is 0 Å². The second-order valence-corrected chi connectivity index (χ2v) is 9.11. The molecule has 1 heterocycles. The van der Waals surface area contributed by atoms with Crippen molar-refractivity contribution in [3.05, 3.63) is 11.4 Å². The molecule has 0 amide bonds. The Kier molecular flexibility index (Phi) is 10.9. The van der Waals surface area contributed by atoms with Gasteiger partial charge >= 0.3 is 0 Å². The van der Waals surface area contributed by atoms with Crippen LogP contribution in [-0.4, -0.2) is 23.4 Å². The Hall–Kier alpha value is -0.630. The largest absolute Gasteiger partial charge is 0.248 e. The summed E-state index contributed by atoms with van der Waals surface area (Å²) in [5.41, 5.74) is 3.26. The van der Waals surface area contributed by atoms with E-state index in [1.165, 1.54) is 102 Å². The van der Waals surface area contributed by atoms with E-state index in [1.807, 2.05) is 0 Å². The molecule has 0 aromatic rings. The molecule has 1 aliphatic heterocycles. The molecular weight excluding hydrogens is 328 g/mol. The van der Waals surface area contributed by atoms with Crippen LogP contribution in [0, 0.1) is 5.41 Å². The van der Waals surface area contributed by atoms with Gasteiger partial charge in [-0.25, -0.2) is 4.48 Å². The van der Waals surface area contributed by atoms with Gasteiger partial charge in [-0.15, -0.1) is 0 Å². The number of hydrogen-bond donors (Lipinski definition) is 0. The molecule has 0 aromatic carbocycles. The molecule has 0 aromatic heterocycles. The zero-order chi connectivity index (χ0) is 20.3. The second-order valence-electron chi connectivity index (χ2n) is 9.11. The van der Waals surface area contributed by atoms with Gasteiger partial charge < -0.3 is 0 Å². The minimum Gasteiger partial charge on any atom is -0.248 e. The third kappa shape index (κ3) is 5.92. The van der Waals surface area contributed by atoms with Crippen molar-refractivity contribution in [3.63, 3.8) is 0 Å². The Morgan fingerprint density at radius 3 is 1.78 bits per heavy atom. The topological polar surface area (TPSA) is 12.4 Å². The normalized spacial score (nSPS) is 18.7. The number of aliphatic imine (C=N–C) groups is 1. The van der Waals surface area contributed by atoms with Crippen molar-refractivity contribution < 1.29 is 4.48 Å². The summed E-state index contributed by atoms with van der Waals surface area (Å²) in [7, 11) is 0. The number of amidine groups is 1. The van der Waals surface area contributed by atoms with Crippen LogP contribution in [0.3, 0.4) is 0 Å². The lowest BCUT2D eigenvalue weighted by molar-refractivity contribution is -0.807. The summed E-state index contributed by atoms with van der Waals surface area (Å²) in [6.07, 6.45) is 15.4. The molecule has 158 valence electrons. The van der Waals surface area contributed by atoms with E-state index in [1.54, 1.807) is 5.70 Å². The van der Waals surface area contributed by atoms with Gasteiger partial charge in [0, 0.05) is 6.42 Å².